The Morgan fingerprint density at radius 1 is 1.17 bits per heavy atom. The lowest BCUT2D eigenvalue weighted by atomic mass is 10.1. The van der Waals surface area contributed by atoms with Gasteiger partial charge in [0, 0.05) is 16.1 Å². The van der Waals surface area contributed by atoms with Gasteiger partial charge in [-0.2, -0.15) is 0 Å². The second kappa shape index (κ2) is 10.8. The van der Waals surface area contributed by atoms with E-state index < -0.39 is 16.8 Å². The SMILES string of the molecule is CCOC(=O)c1ccc([N+](=O)[O-])c(NC(=O)COCCc2ccc(Cl)cc2Cl)c1. The van der Waals surface area contributed by atoms with E-state index in [1.165, 1.54) is 12.1 Å². The molecule has 0 aliphatic rings. The van der Waals surface area contributed by atoms with E-state index in [0.29, 0.717) is 16.5 Å². The Hall–Kier alpha value is -2.68. The van der Waals surface area contributed by atoms with Gasteiger partial charge in [0.1, 0.15) is 12.3 Å². The van der Waals surface area contributed by atoms with Crippen LogP contribution in [-0.2, 0) is 20.7 Å². The summed E-state index contributed by atoms with van der Waals surface area (Å²) in [6, 6.07) is 8.66. The number of nitro groups is 1. The summed E-state index contributed by atoms with van der Waals surface area (Å²) in [6.07, 6.45) is 0.460. The van der Waals surface area contributed by atoms with Gasteiger partial charge >= 0.3 is 5.97 Å². The molecule has 0 fully saturated rings. The minimum atomic E-state index is -0.659. The molecule has 0 atom stereocenters. The molecule has 2 aromatic rings. The first-order chi connectivity index (χ1) is 13.8. The average molecular weight is 441 g/mol. The number of nitrogens with one attached hydrogen (secondary N) is 1. The third kappa shape index (κ3) is 6.70. The number of benzene rings is 2. The monoisotopic (exact) mass is 440 g/mol. The van der Waals surface area contributed by atoms with Crippen molar-refractivity contribution < 1.29 is 24.0 Å². The maximum Gasteiger partial charge on any atom is 0.338 e. The van der Waals surface area contributed by atoms with Crippen LogP contribution >= 0.6 is 23.2 Å². The second-order valence-corrected chi connectivity index (χ2v) is 6.64. The van der Waals surface area contributed by atoms with Gasteiger partial charge in [0.25, 0.3) is 11.6 Å². The topological polar surface area (TPSA) is 108 Å². The van der Waals surface area contributed by atoms with E-state index in [4.69, 9.17) is 32.7 Å². The molecular formula is C19H18Cl2N2O6. The fraction of sp³-hybridized carbons (Fsp3) is 0.263. The molecule has 2 aromatic carbocycles. The van der Waals surface area contributed by atoms with E-state index in [9.17, 15) is 19.7 Å². The summed E-state index contributed by atoms with van der Waals surface area (Å²) in [4.78, 5) is 34.4. The number of esters is 1. The second-order valence-electron chi connectivity index (χ2n) is 5.80. The predicted octanol–water partition coefficient (Wildman–Crippen LogP) is 4.28. The molecule has 2 rings (SSSR count). The summed E-state index contributed by atoms with van der Waals surface area (Å²) < 4.78 is 10.2. The Labute approximate surface area is 176 Å². The number of halogens is 2. The zero-order valence-electron chi connectivity index (χ0n) is 15.4. The number of carbonyl (C=O) groups excluding carboxylic acids is 2. The Bertz CT molecular complexity index is 920. The molecule has 0 aromatic heterocycles. The van der Waals surface area contributed by atoms with Crippen molar-refractivity contribution in [3.05, 3.63) is 67.7 Å². The van der Waals surface area contributed by atoms with Crippen LogP contribution in [-0.4, -0.2) is 36.6 Å². The molecule has 29 heavy (non-hydrogen) atoms. The van der Waals surface area contributed by atoms with Crippen molar-refractivity contribution in [2.75, 3.05) is 25.1 Å². The van der Waals surface area contributed by atoms with Gasteiger partial charge < -0.3 is 14.8 Å². The van der Waals surface area contributed by atoms with Gasteiger partial charge in [-0.05, 0) is 43.2 Å². The summed E-state index contributed by atoms with van der Waals surface area (Å²) >= 11 is 11.9. The normalized spacial score (nSPS) is 10.4. The minimum Gasteiger partial charge on any atom is -0.462 e. The lowest BCUT2D eigenvalue weighted by molar-refractivity contribution is -0.383. The quantitative estimate of drug-likeness (QED) is 0.269. The zero-order valence-corrected chi connectivity index (χ0v) is 17.0. The van der Waals surface area contributed by atoms with E-state index in [-0.39, 0.29) is 36.8 Å². The van der Waals surface area contributed by atoms with Crippen molar-refractivity contribution in [1.82, 2.24) is 0 Å². The van der Waals surface area contributed by atoms with Crippen LogP contribution < -0.4 is 5.32 Å². The third-order valence-corrected chi connectivity index (χ3v) is 4.33. The zero-order chi connectivity index (χ0) is 21.4. The average Bonchev–Trinajstić information content (AvgIpc) is 2.66. The van der Waals surface area contributed by atoms with Crippen LogP contribution in [0.5, 0.6) is 0 Å². The first kappa shape index (κ1) is 22.6. The van der Waals surface area contributed by atoms with Crippen molar-refractivity contribution in [3.8, 4) is 0 Å². The summed E-state index contributed by atoms with van der Waals surface area (Å²) in [6.45, 7) is 1.68. The first-order valence-corrected chi connectivity index (χ1v) is 9.34. The summed E-state index contributed by atoms with van der Waals surface area (Å²) in [7, 11) is 0. The molecule has 0 saturated heterocycles. The Morgan fingerprint density at radius 2 is 1.93 bits per heavy atom. The van der Waals surface area contributed by atoms with Gasteiger partial charge in [-0.3, -0.25) is 14.9 Å². The summed E-state index contributed by atoms with van der Waals surface area (Å²) in [5.41, 5.74) is 0.439. The number of rotatable bonds is 9. The number of hydrogen-bond donors (Lipinski definition) is 1. The third-order valence-electron chi connectivity index (χ3n) is 3.74. The number of nitrogens with zero attached hydrogens (tertiary/aromatic N) is 1. The molecule has 1 N–H and O–H groups in total. The highest BCUT2D eigenvalue weighted by Crippen LogP contribution is 2.26. The van der Waals surface area contributed by atoms with Gasteiger partial charge in [-0.15, -0.1) is 0 Å². The van der Waals surface area contributed by atoms with E-state index in [1.54, 1.807) is 25.1 Å². The van der Waals surface area contributed by atoms with Crippen LogP contribution in [0.15, 0.2) is 36.4 Å². The van der Waals surface area contributed by atoms with Gasteiger partial charge in [0.05, 0.1) is 23.7 Å². The van der Waals surface area contributed by atoms with Crippen LogP contribution in [0.25, 0.3) is 0 Å². The van der Waals surface area contributed by atoms with Crippen molar-refractivity contribution >= 4 is 46.5 Å². The summed E-state index contributed by atoms with van der Waals surface area (Å²) in [5.74, 6) is -1.25. The van der Waals surface area contributed by atoms with Crippen LogP contribution in [0.4, 0.5) is 11.4 Å². The molecule has 0 aliphatic heterocycles. The van der Waals surface area contributed by atoms with E-state index in [2.05, 4.69) is 5.32 Å². The van der Waals surface area contributed by atoms with Gasteiger partial charge in [-0.25, -0.2) is 4.79 Å². The standard InChI is InChI=1S/C19H18Cl2N2O6/c1-2-29-19(25)13-4-6-17(23(26)27)16(9-13)22-18(24)11-28-8-7-12-3-5-14(20)10-15(12)21/h3-6,9-10H,2,7-8,11H2,1H3,(H,22,24). The highest BCUT2D eigenvalue weighted by atomic mass is 35.5. The Balaban J connectivity index is 1.95. The molecule has 0 bridgehead atoms. The molecule has 0 aliphatic carbocycles. The van der Waals surface area contributed by atoms with Crippen molar-refractivity contribution in [3.63, 3.8) is 0 Å². The van der Waals surface area contributed by atoms with Gasteiger partial charge in [0.15, 0.2) is 0 Å². The number of amides is 1. The van der Waals surface area contributed by atoms with Crippen LogP contribution in [0, 0.1) is 10.1 Å². The molecule has 0 spiro atoms. The van der Waals surface area contributed by atoms with Gasteiger partial charge in [0.2, 0.25) is 0 Å². The number of carbonyl (C=O) groups is 2. The van der Waals surface area contributed by atoms with E-state index >= 15 is 0 Å². The Morgan fingerprint density at radius 3 is 2.59 bits per heavy atom. The van der Waals surface area contributed by atoms with Crippen molar-refractivity contribution in [1.29, 1.82) is 0 Å². The molecule has 1 amide bonds. The van der Waals surface area contributed by atoms with Crippen molar-refractivity contribution in [2.45, 2.75) is 13.3 Å². The first-order valence-electron chi connectivity index (χ1n) is 8.59. The molecule has 0 unspecified atom stereocenters. The van der Waals surface area contributed by atoms with E-state index in [0.717, 1.165) is 11.6 Å². The van der Waals surface area contributed by atoms with Gasteiger partial charge in [-0.1, -0.05) is 29.3 Å². The molecular weight excluding hydrogens is 423 g/mol. The van der Waals surface area contributed by atoms with E-state index in [1.807, 2.05) is 0 Å². The van der Waals surface area contributed by atoms with Crippen LogP contribution in [0.2, 0.25) is 10.0 Å². The smallest absolute Gasteiger partial charge is 0.338 e. The fourth-order valence-corrected chi connectivity index (χ4v) is 2.90. The molecule has 154 valence electrons. The predicted molar refractivity (Wildman–Crippen MR) is 109 cm³/mol. The lowest BCUT2D eigenvalue weighted by Crippen LogP contribution is -2.20. The molecule has 0 heterocycles. The highest BCUT2D eigenvalue weighted by molar-refractivity contribution is 6.35. The van der Waals surface area contributed by atoms with Crippen LogP contribution in [0.3, 0.4) is 0 Å². The number of nitro benzene ring substituents is 1. The number of hydrogen-bond acceptors (Lipinski definition) is 6. The largest absolute Gasteiger partial charge is 0.462 e. The van der Waals surface area contributed by atoms with Crippen LogP contribution in [0.1, 0.15) is 22.8 Å². The fourth-order valence-electron chi connectivity index (χ4n) is 2.39. The minimum absolute atomic E-state index is 0.0889. The molecule has 10 heteroatoms. The van der Waals surface area contributed by atoms with Crippen molar-refractivity contribution in [2.24, 2.45) is 0 Å². The maximum absolute atomic E-state index is 12.1. The Kier molecular flexibility index (Phi) is 8.38. The molecule has 0 radical (unpaired) electrons. The lowest BCUT2D eigenvalue weighted by Gasteiger charge is -2.09. The number of ether oxygens (including phenoxy) is 2. The molecule has 0 saturated carbocycles. The summed E-state index contributed by atoms with van der Waals surface area (Å²) in [5, 5.41) is 14.6. The number of anilines is 1. The maximum atomic E-state index is 12.1. The highest BCUT2D eigenvalue weighted by Gasteiger charge is 2.19. The molecule has 8 nitrogen and oxygen atoms in total.